The van der Waals surface area contributed by atoms with Crippen molar-refractivity contribution in [1.82, 2.24) is 0 Å². The molecule has 4 rings (SSSR count). The quantitative estimate of drug-likeness (QED) is 0.293. The van der Waals surface area contributed by atoms with Gasteiger partial charge in [0.05, 0.1) is 18.1 Å². The van der Waals surface area contributed by atoms with Crippen LogP contribution in [0.4, 0.5) is 0 Å². The number of fused-ring (bicyclic) bond motifs is 4. The number of hydrogen-bond donors (Lipinski definition) is 1. The van der Waals surface area contributed by atoms with Crippen LogP contribution < -0.4 is 0 Å². The van der Waals surface area contributed by atoms with Crippen LogP contribution in [0.3, 0.4) is 0 Å². The highest BCUT2D eigenvalue weighted by atomic mass is 16.7. The molecule has 4 aliphatic rings. The van der Waals surface area contributed by atoms with E-state index in [2.05, 4.69) is 0 Å². The fourth-order valence-corrected chi connectivity index (χ4v) is 4.07. The van der Waals surface area contributed by atoms with E-state index in [1.165, 1.54) is 6.92 Å². The van der Waals surface area contributed by atoms with Gasteiger partial charge in [-0.05, 0) is 6.92 Å². The monoisotopic (exact) mass is 422 g/mol. The number of epoxide rings is 2. The summed E-state index contributed by atoms with van der Waals surface area (Å²) in [6, 6.07) is 0. The Hall–Kier alpha value is -2.23. The summed E-state index contributed by atoms with van der Waals surface area (Å²) in [6.07, 6.45) is 1.26. The van der Waals surface area contributed by atoms with Crippen LogP contribution in [0.5, 0.6) is 0 Å². The van der Waals surface area contributed by atoms with Crippen molar-refractivity contribution in [2.24, 2.45) is 5.92 Å². The highest BCUT2D eigenvalue weighted by Gasteiger charge is 2.64. The maximum absolute atomic E-state index is 12.7. The second-order valence-electron chi connectivity index (χ2n) is 8.67. The molecule has 0 unspecified atom stereocenters. The lowest BCUT2D eigenvalue weighted by molar-refractivity contribution is -0.152. The van der Waals surface area contributed by atoms with Crippen molar-refractivity contribution < 1.29 is 43.2 Å². The molecule has 1 aliphatic carbocycles. The van der Waals surface area contributed by atoms with Gasteiger partial charge >= 0.3 is 17.9 Å². The number of esters is 3. The van der Waals surface area contributed by atoms with Gasteiger partial charge in [-0.1, -0.05) is 26.0 Å². The van der Waals surface area contributed by atoms with E-state index in [1.54, 1.807) is 13.8 Å². The van der Waals surface area contributed by atoms with E-state index >= 15 is 0 Å². The van der Waals surface area contributed by atoms with Gasteiger partial charge in [-0.2, -0.15) is 0 Å². The van der Waals surface area contributed by atoms with Crippen molar-refractivity contribution in [1.29, 1.82) is 0 Å². The Bertz CT molecular complexity index is 843. The Labute approximate surface area is 173 Å². The van der Waals surface area contributed by atoms with Crippen LogP contribution in [0.1, 0.15) is 34.1 Å². The van der Waals surface area contributed by atoms with Crippen molar-refractivity contribution in [2.45, 2.75) is 69.7 Å². The van der Waals surface area contributed by atoms with Crippen molar-refractivity contribution in [3.05, 3.63) is 23.3 Å². The zero-order chi connectivity index (χ0) is 21.8. The molecule has 0 aromatic carbocycles. The van der Waals surface area contributed by atoms with Gasteiger partial charge in [0, 0.05) is 18.9 Å². The van der Waals surface area contributed by atoms with Gasteiger partial charge in [0.25, 0.3) is 0 Å². The topological polar surface area (TPSA) is 124 Å². The summed E-state index contributed by atoms with van der Waals surface area (Å²) in [6.45, 7) is 5.90. The maximum atomic E-state index is 12.7. The molecule has 0 amide bonds. The summed E-state index contributed by atoms with van der Waals surface area (Å²) in [5.74, 6) is -2.07. The van der Waals surface area contributed by atoms with Gasteiger partial charge in [0.15, 0.2) is 6.10 Å². The van der Waals surface area contributed by atoms with Crippen molar-refractivity contribution in [3.63, 3.8) is 0 Å². The molecule has 6 atom stereocenters. The highest BCUT2D eigenvalue weighted by Crippen LogP contribution is 2.51. The van der Waals surface area contributed by atoms with E-state index in [0.717, 1.165) is 0 Å². The first kappa shape index (κ1) is 21.0. The lowest BCUT2D eigenvalue weighted by atomic mass is 9.85. The second-order valence-corrected chi connectivity index (χ2v) is 8.67. The molecule has 30 heavy (non-hydrogen) atoms. The number of aliphatic hydroxyl groups is 1. The zero-order valence-corrected chi connectivity index (χ0v) is 17.4. The van der Waals surface area contributed by atoms with Gasteiger partial charge in [0.2, 0.25) is 0 Å². The molecule has 0 aromatic heterocycles. The summed E-state index contributed by atoms with van der Waals surface area (Å²) < 4.78 is 28.0. The standard InChI is InChI=1S/C21H26O9/c1-10(2)18(24)27-13-7-21(9-22)14(29-21)5-6-20(4)17(30-20)16-15(13)12(19(25)28-16)8-26-11(3)23/h5-6,10,13-14,16-17,22H,7-9H2,1-4H3/b6-5-/t13-,14-,16-,17+,20+,21-/m0/s1. The fourth-order valence-electron chi connectivity index (χ4n) is 4.07. The summed E-state index contributed by atoms with van der Waals surface area (Å²) >= 11 is 0. The number of hydrogen-bond acceptors (Lipinski definition) is 9. The number of carbonyl (C=O) groups is 3. The lowest BCUT2D eigenvalue weighted by Crippen LogP contribution is -2.38. The van der Waals surface area contributed by atoms with E-state index in [1.807, 2.05) is 19.1 Å². The smallest absolute Gasteiger partial charge is 0.338 e. The number of carbonyl (C=O) groups excluding carboxylic acids is 3. The molecule has 0 spiro atoms. The minimum atomic E-state index is -0.938. The predicted molar refractivity (Wildman–Crippen MR) is 100.0 cm³/mol. The summed E-state index contributed by atoms with van der Waals surface area (Å²) in [7, 11) is 0. The van der Waals surface area contributed by atoms with Gasteiger partial charge in [-0.3, -0.25) is 9.59 Å². The highest BCUT2D eigenvalue weighted by molar-refractivity contribution is 5.93. The average Bonchev–Trinajstić information content (AvgIpc) is 3.52. The molecule has 0 bridgehead atoms. The maximum Gasteiger partial charge on any atom is 0.338 e. The number of rotatable bonds is 5. The normalized spacial score (nSPS) is 40.0. The molecule has 0 radical (unpaired) electrons. The van der Waals surface area contributed by atoms with E-state index in [9.17, 15) is 19.5 Å². The molecule has 0 aromatic rings. The van der Waals surface area contributed by atoms with Gasteiger partial charge in [-0.25, -0.2) is 4.79 Å². The van der Waals surface area contributed by atoms with Gasteiger partial charge < -0.3 is 28.8 Å². The minimum Gasteiger partial charge on any atom is -0.461 e. The SMILES string of the molecule is CC(=O)OCC1=C2[C@@H](OC(=O)C(C)C)C[C@@]3(CO)O[C@H]3/C=C\[C@@]3(C)O[C@@H]3[C@H]2OC1=O. The second kappa shape index (κ2) is 7.18. The average molecular weight is 422 g/mol. The Morgan fingerprint density at radius 1 is 1.33 bits per heavy atom. The Morgan fingerprint density at radius 3 is 2.70 bits per heavy atom. The van der Waals surface area contributed by atoms with Crippen LogP contribution in [0.15, 0.2) is 23.3 Å². The molecule has 2 saturated heterocycles. The third-order valence-corrected chi connectivity index (χ3v) is 6.02. The third-order valence-electron chi connectivity index (χ3n) is 6.02. The van der Waals surface area contributed by atoms with Crippen molar-refractivity contribution in [3.8, 4) is 0 Å². The number of ether oxygens (including phenoxy) is 5. The van der Waals surface area contributed by atoms with Gasteiger partial charge in [0.1, 0.15) is 36.1 Å². The first-order valence-corrected chi connectivity index (χ1v) is 10.0. The van der Waals surface area contributed by atoms with Crippen molar-refractivity contribution in [2.75, 3.05) is 13.2 Å². The summed E-state index contributed by atoms with van der Waals surface area (Å²) in [5.41, 5.74) is -1.10. The molecule has 2 fully saturated rings. The molecule has 9 nitrogen and oxygen atoms in total. The molecule has 164 valence electrons. The molecule has 3 aliphatic heterocycles. The largest absolute Gasteiger partial charge is 0.461 e. The van der Waals surface area contributed by atoms with Crippen molar-refractivity contribution >= 4 is 17.9 Å². The third kappa shape index (κ3) is 3.55. The molecule has 0 saturated carbocycles. The Balaban J connectivity index is 1.78. The number of aliphatic hydroxyl groups excluding tert-OH is 1. The Kier molecular flexibility index (Phi) is 5.03. The minimum absolute atomic E-state index is 0.129. The summed E-state index contributed by atoms with van der Waals surface area (Å²) in [4.78, 5) is 36.5. The Morgan fingerprint density at radius 2 is 2.07 bits per heavy atom. The molecular formula is C21H26O9. The van der Waals surface area contributed by atoms with Crippen LogP contribution in [0.2, 0.25) is 0 Å². The fraction of sp³-hybridized carbons (Fsp3) is 0.667. The molecule has 3 heterocycles. The predicted octanol–water partition coefficient (Wildman–Crippen LogP) is 0.587. The van der Waals surface area contributed by atoms with Crippen LogP contribution in [-0.4, -0.2) is 71.8 Å². The van der Waals surface area contributed by atoms with E-state index in [-0.39, 0.29) is 31.3 Å². The van der Waals surface area contributed by atoms with E-state index in [4.69, 9.17) is 23.7 Å². The van der Waals surface area contributed by atoms with Crippen LogP contribution in [0, 0.1) is 5.92 Å². The molecular weight excluding hydrogens is 396 g/mol. The van der Waals surface area contributed by atoms with Gasteiger partial charge in [-0.15, -0.1) is 0 Å². The first-order valence-electron chi connectivity index (χ1n) is 10.0. The molecule has 9 heteroatoms. The van der Waals surface area contributed by atoms with E-state index < -0.39 is 53.3 Å². The van der Waals surface area contributed by atoms with E-state index in [0.29, 0.717) is 5.57 Å². The van der Waals surface area contributed by atoms with Crippen LogP contribution in [-0.2, 0) is 38.1 Å². The lowest BCUT2D eigenvalue weighted by Gasteiger charge is -2.26. The van der Waals surface area contributed by atoms with Crippen LogP contribution in [0.25, 0.3) is 0 Å². The summed E-state index contributed by atoms with van der Waals surface area (Å²) in [5, 5.41) is 9.99. The first-order chi connectivity index (χ1) is 14.1. The molecule has 1 N–H and O–H groups in total. The zero-order valence-electron chi connectivity index (χ0n) is 17.4. The van der Waals surface area contributed by atoms with Crippen LogP contribution >= 0.6 is 0 Å².